The summed E-state index contributed by atoms with van der Waals surface area (Å²) in [5.74, 6) is 0. The van der Waals surface area contributed by atoms with E-state index in [1.807, 2.05) is 49.5 Å². The molecule has 0 amide bonds. The maximum atomic E-state index is 11.7. The van der Waals surface area contributed by atoms with Crippen LogP contribution in [-0.4, -0.2) is 24.1 Å². The normalized spacial score (nSPS) is 10.4. The Morgan fingerprint density at radius 1 is 1.25 bits per heavy atom. The molecule has 3 aromatic rings. The van der Waals surface area contributed by atoms with E-state index in [0.717, 1.165) is 27.5 Å². The fourth-order valence-corrected chi connectivity index (χ4v) is 3.23. The van der Waals surface area contributed by atoms with E-state index in [9.17, 15) is 4.79 Å². The minimum absolute atomic E-state index is 0.0977. The average Bonchev–Trinajstić information content (AvgIpc) is 3.05. The van der Waals surface area contributed by atoms with Gasteiger partial charge >= 0.3 is 0 Å². The van der Waals surface area contributed by atoms with Crippen LogP contribution in [0.3, 0.4) is 0 Å². The predicted molar refractivity (Wildman–Crippen MR) is 97.4 cm³/mol. The lowest BCUT2D eigenvalue weighted by atomic mass is 10.1. The molecule has 0 saturated carbocycles. The quantitative estimate of drug-likeness (QED) is 0.795. The molecule has 2 heterocycles. The van der Waals surface area contributed by atoms with Crippen LogP contribution in [0.2, 0.25) is 0 Å². The van der Waals surface area contributed by atoms with E-state index in [2.05, 4.69) is 22.1 Å². The van der Waals surface area contributed by atoms with Gasteiger partial charge < -0.3 is 9.88 Å². The number of thiazole rings is 1. The molecule has 0 bridgehead atoms. The van der Waals surface area contributed by atoms with Crippen LogP contribution in [-0.2, 0) is 0 Å². The molecule has 0 saturated heterocycles. The van der Waals surface area contributed by atoms with Gasteiger partial charge in [-0.2, -0.15) is 5.26 Å². The Morgan fingerprint density at radius 3 is 2.58 bits per heavy atom. The highest BCUT2D eigenvalue weighted by Crippen LogP contribution is 2.30. The zero-order valence-electron chi connectivity index (χ0n) is 13.6. The summed E-state index contributed by atoms with van der Waals surface area (Å²) in [7, 11) is 4.00. The highest BCUT2D eigenvalue weighted by Gasteiger charge is 2.12. The van der Waals surface area contributed by atoms with Gasteiger partial charge in [0.05, 0.1) is 5.69 Å². The molecule has 0 radical (unpaired) electrons. The number of aryl methyl sites for hydroxylation is 1. The van der Waals surface area contributed by atoms with Gasteiger partial charge in [-0.25, -0.2) is 4.98 Å². The van der Waals surface area contributed by atoms with Crippen molar-refractivity contribution in [3.8, 4) is 27.9 Å². The molecular formula is C18H16N4OS. The van der Waals surface area contributed by atoms with E-state index in [4.69, 9.17) is 5.26 Å². The number of H-pyrrole nitrogens is 1. The third kappa shape index (κ3) is 2.94. The maximum Gasteiger partial charge on any atom is 0.266 e. The topological polar surface area (TPSA) is 72.8 Å². The first-order valence-electron chi connectivity index (χ1n) is 7.37. The lowest BCUT2D eigenvalue weighted by Crippen LogP contribution is -2.11. The summed E-state index contributed by atoms with van der Waals surface area (Å²) in [5, 5.41) is 11.9. The van der Waals surface area contributed by atoms with Crippen LogP contribution >= 0.6 is 11.3 Å². The first-order chi connectivity index (χ1) is 11.5. The van der Waals surface area contributed by atoms with E-state index in [1.165, 1.54) is 11.3 Å². The maximum absolute atomic E-state index is 11.7. The van der Waals surface area contributed by atoms with Crippen LogP contribution in [0, 0.1) is 18.3 Å². The lowest BCUT2D eigenvalue weighted by molar-refractivity contribution is 1.13. The van der Waals surface area contributed by atoms with Crippen molar-refractivity contribution in [2.24, 2.45) is 0 Å². The number of anilines is 1. The summed E-state index contributed by atoms with van der Waals surface area (Å²) in [5.41, 5.74) is 4.15. The number of nitrogens with one attached hydrogen (secondary N) is 1. The first kappa shape index (κ1) is 16.0. The van der Waals surface area contributed by atoms with Crippen LogP contribution in [0.4, 0.5) is 5.69 Å². The number of aromatic amines is 1. The summed E-state index contributed by atoms with van der Waals surface area (Å²) in [6.45, 7) is 1.81. The molecule has 6 heteroatoms. The van der Waals surface area contributed by atoms with Crippen LogP contribution in [0.15, 0.2) is 40.5 Å². The van der Waals surface area contributed by atoms with Crippen molar-refractivity contribution in [3.05, 3.63) is 57.3 Å². The number of benzene rings is 1. The van der Waals surface area contributed by atoms with Gasteiger partial charge in [0.25, 0.3) is 5.56 Å². The Bertz CT molecular complexity index is 977. The Labute approximate surface area is 143 Å². The van der Waals surface area contributed by atoms with Crippen molar-refractivity contribution < 1.29 is 0 Å². The smallest absolute Gasteiger partial charge is 0.266 e. The van der Waals surface area contributed by atoms with Crippen molar-refractivity contribution in [2.75, 3.05) is 19.0 Å². The van der Waals surface area contributed by atoms with Crippen LogP contribution in [0.5, 0.6) is 0 Å². The van der Waals surface area contributed by atoms with E-state index < -0.39 is 0 Å². The van der Waals surface area contributed by atoms with Gasteiger partial charge in [-0.3, -0.25) is 4.79 Å². The fourth-order valence-electron chi connectivity index (χ4n) is 2.40. The standard InChI is InChI=1S/C18H16N4OS/c1-11-15(8-13(9-19)17(23)20-11)16-10-24-18(21-16)12-4-6-14(7-5-12)22(2)3/h4-8,10H,1-3H3,(H,20,23). The third-order valence-corrected chi connectivity index (χ3v) is 4.66. The summed E-state index contributed by atoms with van der Waals surface area (Å²) in [6, 6.07) is 11.7. The fraction of sp³-hybridized carbons (Fsp3) is 0.167. The SMILES string of the molecule is Cc1[nH]c(=O)c(C#N)cc1-c1csc(-c2ccc(N(C)C)cc2)n1. The van der Waals surface area contributed by atoms with Crippen LogP contribution in [0.1, 0.15) is 11.3 Å². The number of nitrogens with zero attached hydrogens (tertiary/aromatic N) is 3. The van der Waals surface area contributed by atoms with Crippen LogP contribution < -0.4 is 10.5 Å². The largest absolute Gasteiger partial charge is 0.378 e. The highest BCUT2D eigenvalue weighted by atomic mass is 32.1. The molecule has 3 rings (SSSR count). The van der Waals surface area contributed by atoms with Gasteiger partial charge in [-0.05, 0) is 37.3 Å². The summed E-state index contributed by atoms with van der Waals surface area (Å²) in [4.78, 5) is 21.1. The molecule has 0 unspecified atom stereocenters. The Morgan fingerprint density at radius 2 is 1.96 bits per heavy atom. The van der Waals surface area contributed by atoms with Gasteiger partial charge in [0.2, 0.25) is 0 Å². The summed E-state index contributed by atoms with van der Waals surface area (Å²) >= 11 is 1.54. The molecule has 0 fully saturated rings. The number of nitriles is 1. The molecule has 0 atom stereocenters. The molecule has 24 heavy (non-hydrogen) atoms. The van der Waals surface area contributed by atoms with Gasteiger partial charge in [0.15, 0.2) is 0 Å². The van der Waals surface area contributed by atoms with E-state index in [-0.39, 0.29) is 11.1 Å². The lowest BCUT2D eigenvalue weighted by Gasteiger charge is -2.12. The van der Waals surface area contributed by atoms with E-state index in [0.29, 0.717) is 5.69 Å². The van der Waals surface area contributed by atoms with Crippen LogP contribution in [0.25, 0.3) is 21.8 Å². The molecule has 120 valence electrons. The Balaban J connectivity index is 1.99. The van der Waals surface area contributed by atoms with Gasteiger partial charge in [-0.15, -0.1) is 11.3 Å². The van der Waals surface area contributed by atoms with Crippen molar-refractivity contribution in [2.45, 2.75) is 6.92 Å². The Hall–Kier alpha value is -2.91. The first-order valence-corrected chi connectivity index (χ1v) is 8.25. The molecular weight excluding hydrogens is 320 g/mol. The summed E-state index contributed by atoms with van der Waals surface area (Å²) < 4.78 is 0. The average molecular weight is 336 g/mol. The second-order valence-electron chi connectivity index (χ2n) is 5.64. The zero-order chi connectivity index (χ0) is 17.3. The molecule has 0 aliphatic rings. The van der Waals surface area contributed by atoms with E-state index in [1.54, 1.807) is 6.07 Å². The van der Waals surface area contributed by atoms with E-state index >= 15 is 0 Å². The molecule has 1 aromatic carbocycles. The zero-order valence-corrected chi connectivity index (χ0v) is 14.4. The van der Waals surface area contributed by atoms with Gasteiger partial charge in [0, 0.05) is 42.0 Å². The second kappa shape index (κ2) is 6.30. The number of aromatic nitrogens is 2. The molecule has 0 spiro atoms. The molecule has 2 aromatic heterocycles. The number of hydrogen-bond acceptors (Lipinski definition) is 5. The molecule has 0 aliphatic heterocycles. The monoisotopic (exact) mass is 336 g/mol. The van der Waals surface area contributed by atoms with Crippen molar-refractivity contribution >= 4 is 17.0 Å². The minimum Gasteiger partial charge on any atom is -0.378 e. The number of rotatable bonds is 3. The van der Waals surface area contributed by atoms with Gasteiger partial charge in [-0.1, -0.05) is 0 Å². The molecule has 5 nitrogen and oxygen atoms in total. The summed E-state index contributed by atoms with van der Waals surface area (Å²) in [6.07, 6.45) is 0. The molecule has 1 N–H and O–H groups in total. The third-order valence-electron chi connectivity index (χ3n) is 3.77. The highest BCUT2D eigenvalue weighted by molar-refractivity contribution is 7.13. The van der Waals surface area contributed by atoms with Crippen molar-refractivity contribution in [1.82, 2.24) is 9.97 Å². The molecule has 0 aliphatic carbocycles. The van der Waals surface area contributed by atoms with Crippen molar-refractivity contribution in [3.63, 3.8) is 0 Å². The van der Waals surface area contributed by atoms with Gasteiger partial charge in [0.1, 0.15) is 16.6 Å². The second-order valence-corrected chi connectivity index (χ2v) is 6.50. The minimum atomic E-state index is -0.367. The predicted octanol–water partition coefficient (Wildman–Crippen LogP) is 3.41. The number of hydrogen-bond donors (Lipinski definition) is 1. The number of pyridine rings is 1. The Kier molecular flexibility index (Phi) is 4.19. The van der Waals surface area contributed by atoms with Crippen molar-refractivity contribution in [1.29, 1.82) is 5.26 Å².